The molecule has 0 aromatic carbocycles. The highest BCUT2D eigenvalue weighted by atomic mass is 32.2. The number of aromatic nitrogens is 1. The van der Waals surface area contributed by atoms with Gasteiger partial charge in [-0.2, -0.15) is 0 Å². The quantitative estimate of drug-likeness (QED) is 0.353. The molecule has 4 N–H and O–H groups in total. The van der Waals surface area contributed by atoms with Crippen LogP contribution in [0.15, 0.2) is 34.6 Å². The number of amides is 3. The van der Waals surface area contributed by atoms with E-state index in [0.29, 0.717) is 12.5 Å². The van der Waals surface area contributed by atoms with Crippen molar-refractivity contribution in [2.45, 2.75) is 45.7 Å². The van der Waals surface area contributed by atoms with E-state index in [0.717, 1.165) is 22.7 Å². The predicted molar refractivity (Wildman–Crippen MR) is 120 cm³/mol. The molecule has 1 aromatic rings. The summed E-state index contributed by atoms with van der Waals surface area (Å²) in [6.07, 6.45) is 3.17. The van der Waals surface area contributed by atoms with E-state index in [2.05, 4.69) is 10.6 Å². The maximum absolute atomic E-state index is 12.6. The highest BCUT2D eigenvalue weighted by Crippen LogP contribution is 2.06. The maximum atomic E-state index is 12.6. The Hall–Kier alpha value is -3.15. The SMILES string of the molecule is CC(C)CCNC(=O)Cn1cccc(NC(=O)C(CC/C=C\S(C)(=O)=O)NC(=O)O)c1=O. The van der Waals surface area contributed by atoms with E-state index in [1.165, 1.54) is 24.4 Å². The molecule has 178 valence electrons. The first-order valence-corrected chi connectivity index (χ1v) is 12.0. The summed E-state index contributed by atoms with van der Waals surface area (Å²) in [5.74, 6) is -0.707. The van der Waals surface area contributed by atoms with E-state index >= 15 is 0 Å². The van der Waals surface area contributed by atoms with Crippen LogP contribution in [0, 0.1) is 5.92 Å². The van der Waals surface area contributed by atoms with Gasteiger partial charge < -0.3 is 25.6 Å². The first kappa shape index (κ1) is 26.9. The molecule has 0 spiro atoms. The lowest BCUT2D eigenvalue weighted by molar-refractivity contribution is -0.121. The van der Waals surface area contributed by atoms with Crippen molar-refractivity contribution in [3.63, 3.8) is 0 Å². The third-order valence-corrected chi connectivity index (χ3v) is 4.90. The van der Waals surface area contributed by atoms with Gasteiger partial charge in [-0.25, -0.2) is 13.2 Å². The third kappa shape index (κ3) is 10.8. The second-order valence-corrected chi connectivity index (χ2v) is 9.59. The number of carbonyl (C=O) groups is 3. The first-order valence-electron chi connectivity index (χ1n) is 10.0. The molecular weight excluding hydrogens is 440 g/mol. The van der Waals surface area contributed by atoms with Gasteiger partial charge in [-0.1, -0.05) is 19.9 Å². The van der Waals surface area contributed by atoms with E-state index in [9.17, 15) is 27.6 Å². The van der Waals surface area contributed by atoms with Crippen LogP contribution in [0.2, 0.25) is 0 Å². The van der Waals surface area contributed by atoms with Gasteiger partial charge in [0, 0.05) is 24.4 Å². The summed E-state index contributed by atoms with van der Waals surface area (Å²) < 4.78 is 23.4. The van der Waals surface area contributed by atoms with Gasteiger partial charge in [-0.15, -0.1) is 0 Å². The number of sulfone groups is 1. The summed E-state index contributed by atoms with van der Waals surface area (Å²) in [7, 11) is -3.34. The predicted octanol–water partition coefficient (Wildman–Crippen LogP) is 0.924. The molecule has 32 heavy (non-hydrogen) atoms. The minimum Gasteiger partial charge on any atom is -0.465 e. The van der Waals surface area contributed by atoms with Gasteiger partial charge in [0.05, 0.1) is 0 Å². The van der Waals surface area contributed by atoms with Crippen LogP contribution in [0.3, 0.4) is 0 Å². The Morgan fingerprint density at radius 3 is 2.50 bits per heavy atom. The topological polar surface area (TPSA) is 164 Å². The first-order chi connectivity index (χ1) is 14.9. The lowest BCUT2D eigenvalue weighted by Gasteiger charge is -2.16. The van der Waals surface area contributed by atoms with E-state index in [-0.39, 0.29) is 31.0 Å². The van der Waals surface area contributed by atoms with Crippen LogP contribution >= 0.6 is 0 Å². The van der Waals surface area contributed by atoms with Crippen molar-refractivity contribution in [1.82, 2.24) is 15.2 Å². The zero-order valence-corrected chi connectivity index (χ0v) is 19.1. The van der Waals surface area contributed by atoms with Crippen LogP contribution in [0.5, 0.6) is 0 Å². The molecule has 1 atom stereocenters. The van der Waals surface area contributed by atoms with Gasteiger partial charge in [0.15, 0.2) is 9.84 Å². The Bertz CT molecular complexity index is 999. The second-order valence-electron chi connectivity index (χ2n) is 7.66. The number of nitrogens with zero attached hydrogens (tertiary/aromatic N) is 1. The summed E-state index contributed by atoms with van der Waals surface area (Å²) in [4.78, 5) is 48.2. The van der Waals surface area contributed by atoms with Gasteiger partial charge in [0.25, 0.3) is 5.56 Å². The lowest BCUT2D eigenvalue weighted by Crippen LogP contribution is -2.44. The van der Waals surface area contributed by atoms with Crippen molar-refractivity contribution in [2.24, 2.45) is 5.92 Å². The number of pyridine rings is 1. The van der Waals surface area contributed by atoms with E-state index in [1.807, 2.05) is 19.2 Å². The summed E-state index contributed by atoms with van der Waals surface area (Å²) >= 11 is 0. The zero-order chi connectivity index (χ0) is 24.3. The molecule has 1 heterocycles. The molecule has 0 aliphatic carbocycles. The Balaban J connectivity index is 2.84. The molecule has 1 aromatic heterocycles. The van der Waals surface area contributed by atoms with Crippen molar-refractivity contribution >= 4 is 33.4 Å². The molecular formula is C20H30N4O7S. The van der Waals surface area contributed by atoms with Crippen molar-refractivity contribution in [3.05, 3.63) is 40.2 Å². The highest BCUT2D eigenvalue weighted by Gasteiger charge is 2.21. The Labute approximate surface area is 186 Å². The van der Waals surface area contributed by atoms with Crippen molar-refractivity contribution < 1.29 is 27.9 Å². The molecule has 0 radical (unpaired) electrons. The molecule has 0 bridgehead atoms. The molecule has 11 nitrogen and oxygen atoms in total. The number of hydrogen-bond donors (Lipinski definition) is 4. The summed E-state index contributed by atoms with van der Waals surface area (Å²) in [5.41, 5.74) is -0.734. The van der Waals surface area contributed by atoms with Crippen LogP contribution in [0.1, 0.15) is 33.1 Å². The third-order valence-electron chi connectivity index (χ3n) is 4.22. The number of carbonyl (C=O) groups excluding carboxylic acids is 2. The minimum absolute atomic E-state index is 0.0244. The second kappa shape index (κ2) is 12.6. The molecule has 3 amide bonds. The Morgan fingerprint density at radius 1 is 1.22 bits per heavy atom. The number of carboxylic acid groups (broad SMARTS) is 1. The molecule has 1 unspecified atom stereocenters. The van der Waals surface area contributed by atoms with Crippen molar-refractivity contribution in [3.8, 4) is 0 Å². The van der Waals surface area contributed by atoms with Crippen molar-refractivity contribution in [2.75, 3.05) is 18.1 Å². The smallest absolute Gasteiger partial charge is 0.405 e. The van der Waals surface area contributed by atoms with Crippen LogP contribution in [-0.2, 0) is 26.0 Å². The largest absolute Gasteiger partial charge is 0.465 e. The van der Waals surface area contributed by atoms with Gasteiger partial charge in [-0.05, 0) is 37.3 Å². The molecule has 0 fully saturated rings. The average Bonchev–Trinajstić information content (AvgIpc) is 2.66. The average molecular weight is 471 g/mol. The minimum atomic E-state index is -3.34. The van der Waals surface area contributed by atoms with E-state index in [1.54, 1.807) is 0 Å². The molecule has 1 rings (SSSR count). The van der Waals surface area contributed by atoms with Gasteiger partial charge >= 0.3 is 6.09 Å². The standard InChI is InChI=1S/C20H30N4O7S/c1-14(2)9-10-21-17(25)13-24-11-6-8-16(19(24)27)22-18(26)15(23-20(28)29)7-4-5-12-32(3,30)31/h5-6,8,11-12,14-15,23H,4,7,9-10,13H2,1-3H3,(H,21,25)(H,22,26)(H,28,29)/b12-5-. The number of allylic oxidation sites excluding steroid dienone is 1. The number of rotatable bonds is 12. The monoisotopic (exact) mass is 470 g/mol. The molecule has 0 saturated carbocycles. The summed E-state index contributed by atoms with van der Waals surface area (Å²) in [6, 6.07) is 1.60. The molecule has 0 aliphatic heterocycles. The van der Waals surface area contributed by atoms with Gasteiger partial charge in [0.1, 0.15) is 18.3 Å². The number of anilines is 1. The van der Waals surface area contributed by atoms with Crippen molar-refractivity contribution in [1.29, 1.82) is 0 Å². The normalized spacial score (nSPS) is 12.5. The van der Waals surface area contributed by atoms with E-state index < -0.39 is 33.4 Å². The molecule has 12 heteroatoms. The Morgan fingerprint density at radius 2 is 1.91 bits per heavy atom. The summed E-state index contributed by atoms with van der Waals surface area (Å²) in [6.45, 7) is 4.31. The van der Waals surface area contributed by atoms with E-state index in [4.69, 9.17) is 5.11 Å². The fourth-order valence-electron chi connectivity index (χ4n) is 2.61. The van der Waals surface area contributed by atoms with Crippen LogP contribution in [0.25, 0.3) is 0 Å². The number of hydrogen-bond acceptors (Lipinski definition) is 6. The zero-order valence-electron chi connectivity index (χ0n) is 18.3. The lowest BCUT2D eigenvalue weighted by atomic mass is 10.1. The summed E-state index contributed by atoms with van der Waals surface area (Å²) in [5, 5.41) is 17.1. The number of nitrogens with one attached hydrogen (secondary N) is 3. The van der Waals surface area contributed by atoms with Crippen LogP contribution in [0.4, 0.5) is 10.5 Å². The fraction of sp³-hybridized carbons (Fsp3) is 0.500. The Kier molecular flexibility index (Phi) is 10.6. The van der Waals surface area contributed by atoms with Gasteiger partial charge in [-0.3, -0.25) is 14.4 Å². The van der Waals surface area contributed by atoms with Crippen LogP contribution in [-0.4, -0.2) is 54.8 Å². The highest BCUT2D eigenvalue weighted by molar-refractivity contribution is 7.93. The maximum Gasteiger partial charge on any atom is 0.405 e. The fourth-order valence-corrected chi connectivity index (χ4v) is 3.10. The molecule has 0 saturated heterocycles. The van der Waals surface area contributed by atoms with Gasteiger partial charge in [0.2, 0.25) is 11.8 Å². The molecule has 0 aliphatic rings. The van der Waals surface area contributed by atoms with Crippen LogP contribution < -0.4 is 21.5 Å².